The zero-order valence-corrected chi connectivity index (χ0v) is 5.36. The van der Waals surface area contributed by atoms with Gasteiger partial charge >= 0.3 is 0 Å². The Bertz CT molecular complexity index is 35.2. The summed E-state index contributed by atoms with van der Waals surface area (Å²) in [5, 5.41) is 2.99. The minimum atomic E-state index is 0.713. The molecular weight excluding hydrogens is 86.1 g/mol. The summed E-state index contributed by atoms with van der Waals surface area (Å²) in [6, 6.07) is 0. The molecule has 1 nitrogen and oxygen atoms in total. The predicted octanol–water partition coefficient (Wildman–Crippen LogP) is 1.41. The summed E-state index contributed by atoms with van der Waals surface area (Å²) in [5.41, 5.74) is 0. The average Bonchev–Trinajstić information content (AvgIpc) is 1.68. The average molecular weight is 100 g/mol. The van der Waals surface area contributed by atoms with Crippen LogP contribution in [0.3, 0.4) is 0 Å². The Morgan fingerprint density at radius 3 is 2.43 bits per heavy atom. The van der Waals surface area contributed by atoms with E-state index in [-0.39, 0.29) is 0 Å². The molecule has 0 bridgehead atoms. The van der Waals surface area contributed by atoms with Crippen LogP contribution in [0.1, 0.15) is 20.3 Å². The van der Waals surface area contributed by atoms with Crippen molar-refractivity contribution >= 4 is 0 Å². The van der Waals surface area contributed by atoms with Gasteiger partial charge in [0.25, 0.3) is 0 Å². The molecule has 0 saturated heterocycles. The summed E-state index contributed by atoms with van der Waals surface area (Å²) in [4.78, 5) is 0. The van der Waals surface area contributed by atoms with E-state index in [1.807, 2.05) is 7.05 Å². The fourth-order valence-electron chi connectivity index (χ4n) is 0.402. The molecule has 0 fully saturated rings. The van der Waals surface area contributed by atoms with Crippen LogP contribution in [0.15, 0.2) is 0 Å². The first-order valence-electron chi connectivity index (χ1n) is 2.81. The van der Waals surface area contributed by atoms with Crippen molar-refractivity contribution in [3.8, 4) is 0 Å². The highest BCUT2D eigenvalue weighted by Gasteiger charge is 1.92. The molecule has 0 aromatic carbocycles. The molecule has 0 aliphatic carbocycles. The second-order valence-electron chi connectivity index (χ2n) is 1.84. The molecule has 0 aliphatic rings. The van der Waals surface area contributed by atoms with Gasteiger partial charge in [0, 0.05) is 6.54 Å². The SMILES string of the molecule is CCC(C)[CH]NC. The predicted molar refractivity (Wildman–Crippen MR) is 32.8 cm³/mol. The third-order valence-corrected chi connectivity index (χ3v) is 1.10. The highest BCUT2D eigenvalue weighted by Crippen LogP contribution is 1.99. The van der Waals surface area contributed by atoms with Gasteiger partial charge in [-0.25, -0.2) is 0 Å². The Labute approximate surface area is 46.1 Å². The molecule has 0 saturated carbocycles. The Hall–Kier alpha value is -0.0400. The lowest BCUT2D eigenvalue weighted by Gasteiger charge is -2.03. The second-order valence-corrected chi connectivity index (χ2v) is 1.84. The van der Waals surface area contributed by atoms with Gasteiger partial charge < -0.3 is 5.32 Å². The van der Waals surface area contributed by atoms with Crippen molar-refractivity contribution in [2.24, 2.45) is 5.92 Å². The van der Waals surface area contributed by atoms with E-state index in [1.54, 1.807) is 0 Å². The fraction of sp³-hybridized carbons (Fsp3) is 0.833. The molecule has 1 N–H and O–H groups in total. The van der Waals surface area contributed by atoms with Gasteiger partial charge in [0.1, 0.15) is 0 Å². The van der Waals surface area contributed by atoms with Crippen LogP contribution in [0.2, 0.25) is 0 Å². The van der Waals surface area contributed by atoms with Gasteiger partial charge in [-0.3, -0.25) is 0 Å². The molecule has 1 unspecified atom stereocenters. The number of rotatable bonds is 3. The van der Waals surface area contributed by atoms with E-state index >= 15 is 0 Å². The Balaban J connectivity index is 2.83. The second kappa shape index (κ2) is 4.13. The van der Waals surface area contributed by atoms with Gasteiger partial charge in [0.05, 0.1) is 0 Å². The third kappa shape index (κ3) is 3.80. The van der Waals surface area contributed by atoms with Crippen molar-refractivity contribution in [1.29, 1.82) is 0 Å². The van der Waals surface area contributed by atoms with E-state index in [0.29, 0.717) is 5.92 Å². The summed E-state index contributed by atoms with van der Waals surface area (Å²) >= 11 is 0. The van der Waals surface area contributed by atoms with Crippen molar-refractivity contribution in [2.45, 2.75) is 20.3 Å². The smallest absolute Gasteiger partial charge is 0.0246 e. The molecule has 1 heteroatoms. The molecule has 0 amide bonds. The van der Waals surface area contributed by atoms with Gasteiger partial charge in [-0.15, -0.1) is 0 Å². The molecule has 0 spiro atoms. The van der Waals surface area contributed by atoms with Crippen LogP contribution in [0.5, 0.6) is 0 Å². The lowest BCUT2D eigenvalue weighted by Crippen LogP contribution is -2.07. The number of hydrogen-bond acceptors (Lipinski definition) is 1. The standard InChI is InChI=1S/C6H14N/c1-4-6(2)5-7-3/h5-7H,4H2,1-3H3. The van der Waals surface area contributed by atoms with Gasteiger partial charge in [-0.2, -0.15) is 0 Å². The molecule has 0 heterocycles. The summed E-state index contributed by atoms with van der Waals surface area (Å²) in [7, 11) is 1.94. The van der Waals surface area contributed by atoms with Crippen LogP contribution in [0, 0.1) is 12.5 Å². The molecule has 7 heavy (non-hydrogen) atoms. The molecule has 1 atom stereocenters. The first kappa shape index (κ1) is 6.96. The van der Waals surface area contributed by atoms with Crippen molar-refractivity contribution in [3.05, 3.63) is 6.54 Å². The minimum absolute atomic E-state index is 0.713. The minimum Gasteiger partial charge on any atom is -0.315 e. The molecule has 0 aromatic heterocycles. The maximum atomic E-state index is 2.99. The Morgan fingerprint density at radius 1 is 1.71 bits per heavy atom. The van der Waals surface area contributed by atoms with Crippen LogP contribution >= 0.6 is 0 Å². The highest BCUT2D eigenvalue weighted by atomic mass is 14.8. The van der Waals surface area contributed by atoms with Crippen LogP contribution in [0.25, 0.3) is 0 Å². The van der Waals surface area contributed by atoms with Gasteiger partial charge in [-0.05, 0) is 13.0 Å². The van der Waals surface area contributed by atoms with Gasteiger partial charge in [0.15, 0.2) is 0 Å². The van der Waals surface area contributed by atoms with Crippen LogP contribution in [-0.4, -0.2) is 7.05 Å². The van der Waals surface area contributed by atoms with E-state index in [0.717, 1.165) is 0 Å². The third-order valence-electron chi connectivity index (χ3n) is 1.10. The van der Waals surface area contributed by atoms with Crippen molar-refractivity contribution in [3.63, 3.8) is 0 Å². The number of hydrogen-bond donors (Lipinski definition) is 1. The lowest BCUT2D eigenvalue weighted by atomic mass is 10.1. The van der Waals surface area contributed by atoms with E-state index in [9.17, 15) is 0 Å². The molecule has 43 valence electrons. The lowest BCUT2D eigenvalue weighted by molar-refractivity contribution is 0.604. The van der Waals surface area contributed by atoms with Gasteiger partial charge in [0.2, 0.25) is 0 Å². The first-order valence-corrected chi connectivity index (χ1v) is 2.81. The molecule has 0 aliphatic heterocycles. The summed E-state index contributed by atoms with van der Waals surface area (Å²) < 4.78 is 0. The first-order chi connectivity index (χ1) is 3.31. The van der Waals surface area contributed by atoms with Crippen molar-refractivity contribution in [2.75, 3.05) is 7.05 Å². The number of nitrogens with one attached hydrogen (secondary N) is 1. The van der Waals surface area contributed by atoms with E-state index in [2.05, 4.69) is 25.7 Å². The molecule has 0 aromatic rings. The monoisotopic (exact) mass is 100 g/mol. The Morgan fingerprint density at radius 2 is 2.29 bits per heavy atom. The quantitative estimate of drug-likeness (QED) is 0.565. The van der Waals surface area contributed by atoms with E-state index < -0.39 is 0 Å². The summed E-state index contributed by atoms with van der Waals surface area (Å²) in [6.07, 6.45) is 1.22. The zero-order chi connectivity index (χ0) is 5.70. The Kier molecular flexibility index (Phi) is 4.10. The molecule has 1 radical (unpaired) electrons. The van der Waals surface area contributed by atoms with Crippen LogP contribution in [0.4, 0.5) is 0 Å². The van der Waals surface area contributed by atoms with Crippen molar-refractivity contribution in [1.82, 2.24) is 5.32 Å². The summed E-state index contributed by atoms with van der Waals surface area (Å²) in [5.74, 6) is 0.713. The topological polar surface area (TPSA) is 12.0 Å². The van der Waals surface area contributed by atoms with E-state index in [1.165, 1.54) is 6.42 Å². The normalized spacial score (nSPS) is 14.1. The summed E-state index contributed by atoms with van der Waals surface area (Å²) in [6.45, 7) is 6.47. The van der Waals surface area contributed by atoms with Crippen LogP contribution in [-0.2, 0) is 0 Å². The largest absolute Gasteiger partial charge is 0.315 e. The van der Waals surface area contributed by atoms with Crippen LogP contribution < -0.4 is 5.32 Å². The highest BCUT2D eigenvalue weighted by molar-refractivity contribution is 4.64. The fourth-order valence-corrected chi connectivity index (χ4v) is 0.402. The van der Waals surface area contributed by atoms with Gasteiger partial charge in [-0.1, -0.05) is 20.3 Å². The van der Waals surface area contributed by atoms with Crippen molar-refractivity contribution < 1.29 is 0 Å². The molecule has 0 rings (SSSR count). The maximum Gasteiger partial charge on any atom is 0.0246 e. The maximum absolute atomic E-state index is 2.99. The zero-order valence-electron chi connectivity index (χ0n) is 5.36. The molecular formula is C6H14N. The van der Waals surface area contributed by atoms with E-state index in [4.69, 9.17) is 0 Å².